The van der Waals surface area contributed by atoms with Gasteiger partial charge in [-0.1, -0.05) is 0 Å². The Bertz CT molecular complexity index is 967. The van der Waals surface area contributed by atoms with Crippen LogP contribution in [0.25, 0.3) is 11.3 Å². The number of anilines is 1. The van der Waals surface area contributed by atoms with Gasteiger partial charge in [-0.15, -0.1) is 11.3 Å². The number of carbonyl (C=O) groups excluding carboxylic acids is 2. The fraction of sp³-hybridized carbons (Fsp3) is 0.118. The monoisotopic (exact) mass is 375 g/mol. The summed E-state index contributed by atoms with van der Waals surface area (Å²) < 4.78 is 23.1. The van der Waals surface area contributed by atoms with Crippen molar-refractivity contribution in [2.24, 2.45) is 0 Å². The molecule has 1 amide bonds. The Hall–Kier alpha value is -3.20. The molecule has 3 rings (SSSR count). The van der Waals surface area contributed by atoms with Crippen LogP contribution in [0.15, 0.2) is 35.8 Å². The van der Waals surface area contributed by atoms with E-state index in [9.17, 15) is 14.0 Å². The van der Waals surface area contributed by atoms with Crippen molar-refractivity contribution in [3.05, 3.63) is 52.9 Å². The number of aromatic amines is 1. The molecule has 26 heavy (non-hydrogen) atoms. The Balaban J connectivity index is 1.78. The summed E-state index contributed by atoms with van der Waals surface area (Å²) in [6.07, 6.45) is 1.61. The topological polar surface area (TPSA) is 93.3 Å². The summed E-state index contributed by atoms with van der Waals surface area (Å²) in [5, 5.41) is 4.67. The number of nitrogens with one attached hydrogen (secondary N) is 2. The number of amides is 1. The zero-order chi connectivity index (χ0) is 18.7. The summed E-state index contributed by atoms with van der Waals surface area (Å²) in [7, 11) is 2.69. The highest BCUT2D eigenvalue weighted by Gasteiger charge is 2.16. The van der Waals surface area contributed by atoms with Crippen LogP contribution in [-0.4, -0.2) is 36.1 Å². The maximum absolute atomic E-state index is 13.4. The molecule has 0 spiro atoms. The second-order valence-electron chi connectivity index (χ2n) is 5.13. The zero-order valence-electron chi connectivity index (χ0n) is 13.8. The molecule has 2 N–H and O–H groups in total. The van der Waals surface area contributed by atoms with Crippen LogP contribution in [0, 0.1) is 5.82 Å². The molecule has 134 valence electrons. The highest BCUT2D eigenvalue weighted by molar-refractivity contribution is 7.14. The zero-order valence-corrected chi connectivity index (χ0v) is 14.6. The van der Waals surface area contributed by atoms with Gasteiger partial charge in [-0.3, -0.25) is 10.1 Å². The third-order valence-electron chi connectivity index (χ3n) is 3.51. The van der Waals surface area contributed by atoms with Crippen molar-refractivity contribution in [3.8, 4) is 17.0 Å². The van der Waals surface area contributed by atoms with Crippen LogP contribution in [-0.2, 0) is 4.74 Å². The number of halogens is 1. The van der Waals surface area contributed by atoms with Crippen LogP contribution < -0.4 is 10.1 Å². The van der Waals surface area contributed by atoms with Gasteiger partial charge in [-0.05, 0) is 24.3 Å². The van der Waals surface area contributed by atoms with E-state index in [1.54, 1.807) is 17.6 Å². The van der Waals surface area contributed by atoms with Gasteiger partial charge < -0.3 is 14.5 Å². The van der Waals surface area contributed by atoms with Crippen LogP contribution in [0.5, 0.6) is 5.75 Å². The predicted molar refractivity (Wildman–Crippen MR) is 94.1 cm³/mol. The van der Waals surface area contributed by atoms with Crippen molar-refractivity contribution in [3.63, 3.8) is 0 Å². The van der Waals surface area contributed by atoms with Crippen LogP contribution in [0.2, 0.25) is 0 Å². The van der Waals surface area contributed by atoms with Crippen LogP contribution in [0.4, 0.5) is 9.52 Å². The molecule has 2 aromatic heterocycles. The summed E-state index contributed by atoms with van der Waals surface area (Å²) in [6.45, 7) is 0. The first-order valence-electron chi connectivity index (χ1n) is 7.39. The Morgan fingerprint density at radius 3 is 2.81 bits per heavy atom. The number of methoxy groups -OCH3 is 2. The number of aromatic nitrogens is 2. The van der Waals surface area contributed by atoms with E-state index in [0.717, 1.165) is 6.07 Å². The van der Waals surface area contributed by atoms with Crippen molar-refractivity contribution in [1.29, 1.82) is 0 Å². The van der Waals surface area contributed by atoms with Crippen molar-refractivity contribution >= 4 is 28.3 Å². The first-order chi connectivity index (χ1) is 12.5. The molecular formula is C17H14FN3O4S. The summed E-state index contributed by atoms with van der Waals surface area (Å²) in [6, 6.07) is 5.28. The molecule has 3 aromatic rings. The van der Waals surface area contributed by atoms with Crippen molar-refractivity contribution in [1.82, 2.24) is 9.97 Å². The van der Waals surface area contributed by atoms with Crippen LogP contribution in [0.3, 0.4) is 0 Å². The van der Waals surface area contributed by atoms with E-state index in [1.807, 2.05) is 0 Å². The average Bonchev–Trinajstić information content (AvgIpc) is 3.30. The molecule has 0 bridgehead atoms. The number of ether oxygens (including phenoxy) is 2. The van der Waals surface area contributed by atoms with Crippen molar-refractivity contribution in [2.45, 2.75) is 0 Å². The van der Waals surface area contributed by atoms with E-state index < -0.39 is 17.7 Å². The second kappa shape index (κ2) is 7.36. The van der Waals surface area contributed by atoms with E-state index in [1.165, 1.54) is 37.7 Å². The van der Waals surface area contributed by atoms with E-state index >= 15 is 0 Å². The molecule has 2 heterocycles. The fourth-order valence-electron chi connectivity index (χ4n) is 2.26. The lowest BCUT2D eigenvalue weighted by atomic mass is 10.2. The Morgan fingerprint density at radius 2 is 2.08 bits per heavy atom. The SMILES string of the molecule is COC(=O)c1cc(-c2csc(NC(=O)c3cc(F)ccc3OC)n2)c[nH]1. The molecule has 7 nitrogen and oxygen atoms in total. The maximum Gasteiger partial charge on any atom is 0.354 e. The molecule has 0 atom stereocenters. The van der Waals surface area contributed by atoms with Gasteiger partial charge >= 0.3 is 5.97 Å². The minimum Gasteiger partial charge on any atom is -0.496 e. The predicted octanol–water partition coefficient (Wildman–Crippen LogP) is 3.32. The number of carbonyl (C=O) groups is 2. The number of thiazole rings is 1. The van der Waals surface area contributed by atoms with E-state index in [-0.39, 0.29) is 11.3 Å². The Labute approximate surface area is 151 Å². The van der Waals surface area contributed by atoms with Crippen LogP contribution in [0.1, 0.15) is 20.8 Å². The molecule has 1 aromatic carbocycles. The Kier molecular flexibility index (Phi) is 4.99. The molecule has 0 aliphatic carbocycles. The van der Waals surface area contributed by atoms with Gasteiger partial charge in [0.05, 0.1) is 25.5 Å². The summed E-state index contributed by atoms with van der Waals surface area (Å²) >= 11 is 1.20. The summed E-state index contributed by atoms with van der Waals surface area (Å²) in [5.41, 5.74) is 1.61. The van der Waals surface area contributed by atoms with E-state index in [4.69, 9.17) is 4.74 Å². The molecule has 0 aliphatic rings. The number of hydrogen-bond donors (Lipinski definition) is 2. The molecular weight excluding hydrogens is 361 g/mol. The minimum atomic E-state index is -0.543. The van der Waals surface area contributed by atoms with E-state index in [2.05, 4.69) is 20.0 Å². The third kappa shape index (κ3) is 3.57. The fourth-order valence-corrected chi connectivity index (χ4v) is 2.97. The molecule has 9 heteroatoms. The van der Waals surface area contributed by atoms with Crippen LogP contribution >= 0.6 is 11.3 Å². The minimum absolute atomic E-state index is 0.0684. The normalized spacial score (nSPS) is 10.4. The van der Waals surface area contributed by atoms with Gasteiger partial charge in [0.25, 0.3) is 5.91 Å². The number of nitrogens with zero attached hydrogens (tertiary/aromatic N) is 1. The lowest BCUT2D eigenvalue weighted by molar-refractivity contribution is 0.0594. The first kappa shape index (κ1) is 17.6. The molecule has 0 saturated heterocycles. The van der Waals surface area contributed by atoms with Gasteiger partial charge in [0, 0.05) is 17.1 Å². The standard InChI is InChI=1S/C17H14FN3O4S/c1-24-14-4-3-10(18)6-11(14)15(22)21-17-20-13(8-26-17)9-5-12(19-7-9)16(23)25-2/h3-8,19H,1-2H3,(H,20,21,22). The molecule has 0 fully saturated rings. The Morgan fingerprint density at radius 1 is 1.27 bits per heavy atom. The van der Waals surface area contributed by atoms with Gasteiger partial charge in [0.1, 0.15) is 17.3 Å². The second-order valence-corrected chi connectivity index (χ2v) is 5.99. The number of hydrogen-bond acceptors (Lipinski definition) is 6. The van der Waals surface area contributed by atoms with Crippen molar-refractivity contribution in [2.75, 3.05) is 19.5 Å². The smallest absolute Gasteiger partial charge is 0.354 e. The highest BCUT2D eigenvalue weighted by Crippen LogP contribution is 2.27. The highest BCUT2D eigenvalue weighted by atomic mass is 32.1. The number of rotatable bonds is 5. The number of benzene rings is 1. The van der Waals surface area contributed by atoms with E-state index in [0.29, 0.717) is 22.1 Å². The lowest BCUT2D eigenvalue weighted by Crippen LogP contribution is -2.13. The van der Waals surface area contributed by atoms with Gasteiger partial charge in [0.15, 0.2) is 5.13 Å². The quantitative estimate of drug-likeness (QED) is 0.667. The summed E-state index contributed by atoms with van der Waals surface area (Å²) in [4.78, 5) is 30.9. The molecule has 0 saturated carbocycles. The molecule has 0 unspecified atom stereocenters. The maximum atomic E-state index is 13.4. The van der Waals surface area contributed by atoms with Gasteiger partial charge in [-0.25, -0.2) is 14.2 Å². The molecule has 0 radical (unpaired) electrons. The van der Waals surface area contributed by atoms with Gasteiger partial charge in [0.2, 0.25) is 0 Å². The number of H-pyrrole nitrogens is 1. The average molecular weight is 375 g/mol. The number of esters is 1. The first-order valence-corrected chi connectivity index (χ1v) is 8.27. The lowest BCUT2D eigenvalue weighted by Gasteiger charge is -2.07. The van der Waals surface area contributed by atoms with Crippen molar-refractivity contribution < 1.29 is 23.5 Å². The molecule has 0 aliphatic heterocycles. The summed E-state index contributed by atoms with van der Waals surface area (Å²) in [5.74, 6) is -1.31. The third-order valence-corrected chi connectivity index (χ3v) is 4.27. The van der Waals surface area contributed by atoms with Gasteiger partial charge in [-0.2, -0.15) is 0 Å². The largest absolute Gasteiger partial charge is 0.496 e.